The molecule has 3 rings (SSSR count). The van der Waals surface area contributed by atoms with Gasteiger partial charge in [-0.3, -0.25) is 4.90 Å². The third-order valence-corrected chi connectivity index (χ3v) is 4.00. The zero-order valence-electron chi connectivity index (χ0n) is 14.6. The van der Waals surface area contributed by atoms with Crippen molar-refractivity contribution in [3.05, 3.63) is 65.4 Å². The Balaban J connectivity index is 1.78. The number of halogens is 3. The first-order valence-corrected chi connectivity index (χ1v) is 8.19. The molecule has 0 bridgehead atoms. The number of oxazole rings is 1. The third kappa shape index (κ3) is 4.60. The van der Waals surface area contributed by atoms with Crippen molar-refractivity contribution in [3.63, 3.8) is 0 Å². The van der Waals surface area contributed by atoms with Crippen molar-refractivity contribution in [2.24, 2.45) is 0 Å². The number of alkyl halides is 3. The van der Waals surface area contributed by atoms with Crippen LogP contribution in [0.2, 0.25) is 0 Å². The van der Waals surface area contributed by atoms with Gasteiger partial charge in [-0.05, 0) is 43.3 Å². The number of furan rings is 1. The van der Waals surface area contributed by atoms with E-state index in [1.54, 1.807) is 19.3 Å². The van der Waals surface area contributed by atoms with E-state index in [2.05, 4.69) is 10.9 Å². The molecule has 0 aliphatic heterocycles. The van der Waals surface area contributed by atoms with Crippen LogP contribution in [0.25, 0.3) is 11.5 Å². The van der Waals surface area contributed by atoms with Crippen LogP contribution >= 0.6 is 0 Å². The minimum absolute atomic E-state index is 0.273. The summed E-state index contributed by atoms with van der Waals surface area (Å²) in [5.41, 5.74) is 0.437. The molecule has 0 aliphatic carbocycles. The van der Waals surface area contributed by atoms with Crippen molar-refractivity contribution in [2.75, 3.05) is 6.54 Å². The normalized spacial score (nSPS) is 11.7. The molecule has 2 heterocycles. The summed E-state index contributed by atoms with van der Waals surface area (Å²) in [5.74, 6) is 4.23. The summed E-state index contributed by atoms with van der Waals surface area (Å²) in [7, 11) is 0. The fourth-order valence-corrected chi connectivity index (χ4v) is 2.63. The molecular formula is C20H17F3N2O2. The number of benzene rings is 1. The monoisotopic (exact) mass is 374 g/mol. The second kappa shape index (κ2) is 7.72. The molecule has 0 amide bonds. The second-order valence-corrected chi connectivity index (χ2v) is 6.03. The van der Waals surface area contributed by atoms with Gasteiger partial charge in [0.2, 0.25) is 5.89 Å². The maximum atomic E-state index is 12.7. The molecule has 27 heavy (non-hydrogen) atoms. The maximum Gasteiger partial charge on any atom is 0.416 e. The summed E-state index contributed by atoms with van der Waals surface area (Å²) in [5, 5.41) is 0. The van der Waals surface area contributed by atoms with Gasteiger partial charge in [0.15, 0.2) is 0 Å². The SMILES string of the molecule is C#CCN(Cc1ccco1)Cc1nc(-c2ccc(C(F)(F)F)cc2)oc1C. The van der Waals surface area contributed by atoms with Crippen molar-refractivity contribution in [1.82, 2.24) is 9.88 Å². The molecule has 1 aromatic carbocycles. The third-order valence-electron chi connectivity index (χ3n) is 4.00. The van der Waals surface area contributed by atoms with Crippen LogP contribution in [-0.2, 0) is 19.3 Å². The molecule has 0 atom stereocenters. The molecule has 0 N–H and O–H groups in total. The second-order valence-electron chi connectivity index (χ2n) is 6.03. The number of rotatable bonds is 6. The molecule has 0 unspecified atom stereocenters. The maximum absolute atomic E-state index is 12.7. The molecule has 140 valence electrons. The van der Waals surface area contributed by atoms with E-state index in [9.17, 15) is 13.2 Å². The molecule has 3 aromatic rings. The Labute approximate surface area is 154 Å². The van der Waals surface area contributed by atoms with Gasteiger partial charge in [-0.1, -0.05) is 5.92 Å². The smallest absolute Gasteiger partial charge is 0.416 e. The van der Waals surface area contributed by atoms with Gasteiger partial charge in [-0.2, -0.15) is 13.2 Å². The number of terminal acetylenes is 1. The number of hydrogen-bond donors (Lipinski definition) is 0. The fourth-order valence-electron chi connectivity index (χ4n) is 2.63. The lowest BCUT2D eigenvalue weighted by Crippen LogP contribution is -2.23. The lowest BCUT2D eigenvalue weighted by Gasteiger charge is -2.17. The van der Waals surface area contributed by atoms with Crippen LogP contribution in [0.3, 0.4) is 0 Å². The largest absolute Gasteiger partial charge is 0.468 e. The van der Waals surface area contributed by atoms with Crippen molar-refractivity contribution < 1.29 is 22.0 Å². The van der Waals surface area contributed by atoms with Gasteiger partial charge >= 0.3 is 6.18 Å². The van der Waals surface area contributed by atoms with Gasteiger partial charge in [-0.25, -0.2) is 4.98 Å². The van der Waals surface area contributed by atoms with Crippen molar-refractivity contribution in [3.8, 4) is 23.8 Å². The molecule has 0 saturated heterocycles. The first-order chi connectivity index (χ1) is 12.9. The molecule has 0 saturated carbocycles. The van der Waals surface area contributed by atoms with E-state index in [-0.39, 0.29) is 5.89 Å². The summed E-state index contributed by atoms with van der Waals surface area (Å²) in [6.07, 6.45) is 2.65. The van der Waals surface area contributed by atoms with Gasteiger partial charge in [-0.15, -0.1) is 6.42 Å². The van der Waals surface area contributed by atoms with E-state index in [4.69, 9.17) is 15.3 Å². The Hall–Kier alpha value is -2.98. The Morgan fingerprint density at radius 3 is 2.48 bits per heavy atom. The van der Waals surface area contributed by atoms with Gasteiger partial charge in [0.25, 0.3) is 0 Å². The summed E-state index contributed by atoms with van der Waals surface area (Å²) in [6, 6.07) is 8.37. The zero-order chi connectivity index (χ0) is 19.4. The van der Waals surface area contributed by atoms with Crippen LogP contribution in [0.1, 0.15) is 22.8 Å². The molecule has 2 aromatic heterocycles. The summed E-state index contributed by atoms with van der Waals surface area (Å²) in [6.45, 7) is 3.10. The highest BCUT2D eigenvalue weighted by atomic mass is 19.4. The van der Waals surface area contributed by atoms with E-state index in [1.165, 1.54) is 12.1 Å². The Bertz CT molecular complexity index is 920. The predicted molar refractivity (Wildman–Crippen MR) is 93.3 cm³/mol. The first kappa shape index (κ1) is 18.8. The van der Waals surface area contributed by atoms with E-state index >= 15 is 0 Å². The molecule has 0 aliphatic rings. The molecule has 0 fully saturated rings. The molecule has 0 radical (unpaired) electrons. The highest BCUT2D eigenvalue weighted by Gasteiger charge is 2.30. The van der Waals surface area contributed by atoms with Crippen LogP contribution in [-0.4, -0.2) is 16.4 Å². The highest BCUT2D eigenvalue weighted by Crippen LogP contribution is 2.31. The Morgan fingerprint density at radius 2 is 1.89 bits per heavy atom. The van der Waals surface area contributed by atoms with E-state index in [0.29, 0.717) is 36.7 Å². The van der Waals surface area contributed by atoms with Crippen LogP contribution in [0, 0.1) is 19.3 Å². The van der Waals surface area contributed by atoms with Gasteiger partial charge in [0.05, 0.1) is 30.6 Å². The first-order valence-electron chi connectivity index (χ1n) is 8.19. The van der Waals surface area contributed by atoms with Gasteiger partial charge < -0.3 is 8.83 Å². The molecular weight excluding hydrogens is 357 g/mol. The number of aromatic nitrogens is 1. The number of nitrogens with zero attached hydrogens (tertiary/aromatic N) is 2. The van der Waals surface area contributed by atoms with Crippen LogP contribution < -0.4 is 0 Å². The fraction of sp³-hybridized carbons (Fsp3) is 0.250. The Morgan fingerprint density at radius 1 is 1.15 bits per heavy atom. The molecule has 0 spiro atoms. The van der Waals surface area contributed by atoms with Crippen molar-refractivity contribution in [1.29, 1.82) is 0 Å². The lowest BCUT2D eigenvalue weighted by atomic mass is 10.1. The standard InChI is InChI=1S/C20H17F3N2O2/c1-3-10-25(12-17-5-4-11-26-17)13-18-14(2)27-19(24-18)15-6-8-16(9-7-15)20(21,22)23/h1,4-9,11H,10,12-13H2,2H3. The quantitative estimate of drug-likeness (QED) is 0.576. The topological polar surface area (TPSA) is 42.4 Å². The van der Waals surface area contributed by atoms with Crippen LogP contribution in [0.15, 0.2) is 51.5 Å². The number of hydrogen-bond acceptors (Lipinski definition) is 4. The Kier molecular flexibility index (Phi) is 5.38. The molecule has 4 nitrogen and oxygen atoms in total. The summed E-state index contributed by atoms with van der Waals surface area (Å²) >= 11 is 0. The highest BCUT2D eigenvalue weighted by molar-refractivity contribution is 5.54. The van der Waals surface area contributed by atoms with Crippen LogP contribution in [0.5, 0.6) is 0 Å². The summed E-state index contributed by atoms with van der Waals surface area (Å²) < 4.78 is 49.1. The number of aryl methyl sites for hydroxylation is 1. The molecule has 7 heteroatoms. The van der Waals surface area contributed by atoms with E-state index < -0.39 is 11.7 Å². The van der Waals surface area contributed by atoms with E-state index in [0.717, 1.165) is 17.9 Å². The minimum atomic E-state index is -4.38. The van der Waals surface area contributed by atoms with Crippen molar-refractivity contribution in [2.45, 2.75) is 26.2 Å². The average molecular weight is 374 g/mol. The average Bonchev–Trinajstić information content (AvgIpc) is 3.25. The van der Waals surface area contributed by atoms with E-state index in [1.807, 2.05) is 11.0 Å². The van der Waals surface area contributed by atoms with Crippen molar-refractivity contribution >= 4 is 0 Å². The summed E-state index contributed by atoms with van der Waals surface area (Å²) in [4.78, 5) is 6.39. The predicted octanol–water partition coefficient (Wildman–Crippen LogP) is 4.90. The lowest BCUT2D eigenvalue weighted by molar-refractivity contribution is -0.137. The minimum Gasteiger partial charge on any atom is -0.468 e. The van der Waals surface area contributed by atoms with Crippen LogP contribution in [0.4, 0.5) is 13.2 Å². The van der Waals surface area contributed by atoms with Gasteiger partial charge in [0, 0.05) is 12.1 Å². The zero-order valence-corrected chi connectivity index (χ0v) is 14.6. The van der Waals surface area contributed by atoms with Gasteiger partial charge in [0.1, 0.15) is 11.5 Å².